The number of nitrogens with zero attached hydrogens (tertiary/aromatic N) is 3. The number of nitrogens with one attached hydrogen (secondary N) is 1. The molecule has 0 bridgehead atoms. The molecule has 1 saturated heterocycles. The average molecular weight is 311 g/mol. The largest absolute Gasteiger partial charge is 0.436 e. The fourth-order valence-corrected chi connectivity index (χ4v) is 2.48. The van der Waals surface area contributed by atoms with Crippen LogP contribution < -0.4 is 5.32 Å². The van der Waals surface area contributed by atoms with E-state index in [1.54, 1.807) is 4.90 Å². The zero-order valence-corrected chi connectivity index (χ0v) is 11.5. The third-order valence-corrected chi connectivity index (χ3v) is 3.71. The Hall–Kier alpha value is -1.12. The number of alkyl halides is 3. The highest BCUT2D eigenvalue weighted by atomic mass is 35.5. The maximum Gasteiger partial charge on any atom is 0.436 e. The van der Waals surface area contributed by atoms with Crippen LogP contribution in [0.1, 0.15) is 17.6 Å². The van der Waals surface area contributed by atoms with Gasteiger partial charge in [0, 0.05) is 19.6 Å². The predicted octanol–water partition coefficient (Wildman–Crippen LogP) is 1.47. The van der Waals surface area contributed by atoms with E-state index in [9.17, 15) is 18.0 Å². The highest BCUT2D eigenvalue weighted by molar-refractivity contribution is 6.31. The number of rotatable bonds is 3. The zero-order valence-electron chi connectivity index (χ0n) is 10.7. The molecule has 1 atom stereocenters. The number of hydrogen-bond donors (Lipinski definition) is 1. The van der Waals surface area contributed by atoms with Crippen molar-refractivity contribution in [2.75, 3.05) is 26.2 Å². The Kier molecular flexibility index (Phi) is 4.36. The van der Waals surface area contributed by atoms with Crippen molar-refractivity contribution >= 4 is 17.9 Å². The number of carbonyl (C=O) groups excluding carboxylic acids is 1. The van der Waals surface area contributed by atoms with Crippen LogP contribution in [0.15, 0.2) is 0 Å². The van der Waals surface area contributed by atoms with E-state index in [-0.39, 0.29) is 12.2 Å². The Labute approximate surface area is 118 Å². The van der Waals surface area contributed by atoms with E-state index >= 15 is 0 Å². The molecule has 2 rings (SSSR count). The summed E-state index contributed by atoms with van der Waals surface area (Å²) in [7, 11) is 0. The highest BCUT2D eigenvalue weighted by Crippen LogP contribution is 2.36. The summed E-state index contributed by atoms with van der Waals surface area (Å²) in [6.07, 6.45) is -4.32. The second kappa shape index (κ2) is 5.71. The first-order valence-electron chi connectivity index (χ1n) is 6.06. The molecule has 20 heavy (non-hydrogen) atoms. The highest BCUT2D eigenvalue weighted by Gasteiger charge is 2.39. The predicted molar refractivity (Wildman–Crippen MR) is 66.5 cm³/mol. The van der Waals surface area contributed by atoms with Gasteiger partial charge in [-0.2, -0.15) is 18.3 Å². The van der Waals surface area contributed by atoms with E-state index in [0.29, 0.717) is 19.6 Å². The van der Waals surface area contributed by atoms with Gasteiger partial charge in [0.05, 0.1) is 17.3 Å². The van der Waals surface area contributed by atoms with Crippen molar-refractivity contribution in [3.63, 3.8) is 0 Å². The van der Waals surface area contributed by atoms with Gasteiger partial charge in [-0.05, 0) is 6.92 Å². The van der Waals surface area contributed by atoms with Crippen LogP contribution in [0.3, 0.4) is 0 Å². The molecular weight excluding hydrogens is 297 g/mol. The summed E-state index contributed by atoms with van der Waals surface area (Å²) in [4.78, 5) is 12.4. The molecule has 1 aliphatic rings. The minimum absolute atomic E-state index is 0.143. The molecule has 0 spiro atoms. The molecule has 1 fully saturated rings. The van der Waals surface area contributed by atoms with Crippen LogP contribution in [0.4, 0.5) is 13.2 Å². The van der Waals surface area contributed by atoms with Gasteiger partial charge in [-0.3, -0.25) is 4.90 Å². The fraction of sp³-hybridized carbons (Fsp3) is 0.636. The Balaban J connectivity index is 2.38. The van der Waals surface area contributed by atoms with Crippen LogP contribution in [0, 0.1) is 6.92 Å². The third-order valence-electron chi connectivity index (χ3n) is 3.26. The van der Waals surface area contributed by atoms with Crippen molar-refractivity contribution in [1.82, 2.24) is 20.0 Å². The number of halogens is 4. The molecule has 0 saturated carbocycles. The van der Waals surface area contributed by atoms with Gasteiger partial charge in [0.2, 0.25) is 0 Å². The molecule has 112 valence electrons. The molecule has 1 aromatic rings. The van der Waals surface area contributed by atoms with Crippen molar-refractivity contribution in [3.8, 4) is 0 Å². The van der Waals surface area contributed by atoms with Crippen LogP contribution in [0.2, 0.25) is 5.02 Å². The summed E-state index contributed by atoms with van der Waals surface area (Å²) in [5.41, 5.74) is -0.850. The van der Waals surface area contributed by atoms with Gasteiger partial charge < -0.3 is 10.1 Å². The number of hydrogen-bond acceptors (Lipinski definition) is 4. The maximum atomic E-state index is 12.8. The summed E-state index contributed by atoms with van der Waals surface area (Å²) in [6, 6.07) is 0. The molecule has 1 N–H and O–H groups in total. The lowest BCUT2D eigenvalue weighted by Gasteiger charge is -2.35. The number of piperazine rings is 1. The summed E-state index contributed by atoms with van der Waals surface area (Å²) in [5.74, 6) is 0. The van der Waals surface area contributed by atoms with E-state index in [2.05, 4.69) is 10.4 Å². The van der Waals surface area contributed by atoms with Crippen molar-refractivity contribution < 1.29 is 18.0 Å². The molecule has 0 radical (unpaired) electrons. The standard InChI is InChI=1S/C11H14ClF3N4O/c1-7-9(12)10(11(13,14)15)17-19(7)8-6-16-2-3-18(8)4-5-20/h5,8,16H,2-4,6H2,1H3. The number of aldehydes is 1. The number of carbonyl (C=O) groups is 1. The van der Waals surface area contributed by atoms with Crippen LogP contribution in [-0.4, -0.2) is 47.1 Å². The van der Waals surface area contributed by atoms with Gasteiger partial charge in [0.25, 0.3) is 0 Å². The van der Waals surface area contributed by atoms with E-state index in [1.165, 1.54) is 11.6 Å². The van der Waals surface area contributed by atoms with Gasteiger partial charge in [-0.25, -0.2) is 4.68 Å². The average Bonchev–Trinajstić information content (AvgIpc) is 2.67. The Morgan fingerprint density at radius 3 is 2.80 bits per heavy atom. The first-order valence-corrected chi connectivity index (χ1v) is 6.44. The first-order chi connectivity index (χ1) is 9.36. The van der Waals surface area contributed by atoms with Gasteiger partial charge >= 0.3 is 6.18 Å². The molecule has 1 unspecified atom stereocenters. The lowest BCUT2D eigenvalue weighted by molar-refractivity contribution is -0.141. The smallest absolute Gasteiger partial charge is 0.312 e. The zero-order chi connectivity index (χ0) is 14.9. The van der Waals surface area contributed by atoms with Gasteiger partial charge in [0.15, 0.2) is 5.69 Å². The topological polar surface area (TPSA) is 50.2 Å². The van der Waals surface area contributed by atoms with E-state index in [0.717, 1.165) is 6.29 Å². The fourth-order valence-electron chi connectivity index (χ4n) is 2.25. The van der Waals surface area contributed by atoms with Crippen LogP contribution in [0.5, 0.6) is 0 Å². The molecule has 9 heteroatoms. The molecule has 0 aliphatic carbocycles. The first kappa shape index (κ1) is 15.3. The monoisotopic (exact) mass is 310 g/mol. The molecule has 1 aromatic heterocycles. The van der Waals surface area contributed by atoms with Crippen molar-refractivity contribution in [1.29, 1.82) is 0 Å². The van der Waals surface area contributed by atoms with Crippen molar-refractivity contribution in [3.05, 3.63) is 16.4 Å². The minimum Gasteiger partial charge on any atom is -0.312 e. The minimum atomic E-state index is -4.59. The van der Waals surface area contributed by atoms with Crippen LogP contribution in [0.25, 0.3) is 0 Å². The second-order valence-electron chi connectivity index (χ2n) is 4.54. The summed E-state index contributed by atoms with van der Waals surface area (Å²) in [6.45, 7) is 3.26. The lowest BCUT2D eigenvalue weighted by Crippen LogP contribution is -2.49. The van der Waals surface area contributed by atoms with Gasteiger partial charge in [-0.1, -0.05) is 11.6 Å². The molecule has 2 heterocycles. The molecular formula is C11H14ClF3N4O. The number of aromatic nitrogens is 2. The SMILES string of the molecule is Cc1c(Cl)c(C(F)(F)F)nn1C1CNCCN1CC=O. The summed E-state index contributed by atoms with van der Waals surface area (Å²) >= 11 is 5.73. The van der Waals surface area contributed by atoms with Crippen LogP contribution >= 0.6 is 11.6 Å². The third kappa shape index (κ3) is 2.82. The van der Waals surface area contributed by atoms with Crippen molar-refractivity contribution in [2.45, 2.75) is 19.3 Å². The molecule has 0 aromatic carbocycles. The van der Waals surface area contributed by atoms with Gasteiger partial charge in [-0.15, -0.1) is 0 Å². The second-order valence-corrected chi connectivity index (χ2v) is 4.91. The summed E-state index contributed by atoms with van der Waals surface area (Å²) in [5, 5.41) is 6.28. The lowest BCUT2D eigenvalue weighted by atomic mass is 10.3. The van der Waals surface area contributed by atoms with E-state index in [4.69, 9.17) is 11.6 Å². The normalized spacial score (nSPS) is 21.1. The molecule has 5 nitrogen and oxygen atoms in total. The quantitative estimate of drug-likeness (QED) is 0.859. The molecule has 0 amide bonds. The van der Waals surface area contributed by atoms with Crippen molar-refractivity contribution in [2.24, 2.45) is 0 Å². The summed E-state index contributed by atoms with van der Waals surface area (Å²) < 4.78 is 39.7. The Bertz CT molecular complexity index is 503. The van der Waals surface area contributed by atoms with Crippen LogP contribution in [-0.2, 0) is 11.0 Å². The van der Waals surface area contributed by atoms with Gasteiger partial charge in [0.1, 0.15) is 12.5 Å². The Morgan fingerprint density at radius 1 is 1.55 bits per heavy atom. The van der Waals surface area contributed by atoms with E-state index in [1.807, 2.05) is 0 Å². The van der Waals surface area contributed by atoms with E-state index < -0.39 is 23.1 Å². The Morgan fingerprint density at radius 2 is 2.25 bits per heavy atom. The molecule has 1 aliphatic heterocycles. The maximum absolute atomic E-state index is 12.8.